The molecular formula is C27H30O2S2. The number of rotatable bonds is 10. The number of thiophene rings is 2. The van der Waals surface area contributed by atoms with Gasteiger partial charge in [0, 0.05) is 25.7 Å². The molecule has 0 aliphatic rings. The molecule has 0 bridgehead atoms. The fourth-order valence-electron chi connectivity index (χ4n) is 4.06. The predicted octanol–water partition coefficient (Wildman–Crippen LogP) is 9.40. The largest absolute Gasteiger partial charge is 0.509 e. The maximum Gasteiger partial charge on any atom is 0.120 e. The molecule has 0 spiro atoms. The summed E-state index contributed by atoms with van der Waals surface area (Å²) >= 11 is 3.66. The van der Waals surface area contributed by atoms with Crippen LogP contribution in [0, 0.1) is 6.92 Å². The lowest BCUT2D eigenvalue weighted by molar-refractivity contribution is 0.305. The number of aliphatic hydroxyl groups excluding tert-OH is 1. The second-order valence-electron chi connectivity index (χ2n) is 8.09. The van der Waals surface area contributed by atoms with Gasteiger partial charge in [-0.15, -0.1) is 22.7 Å². The maximum atomic E-state index is 9.45. The van der Waals surface area contributed by atoms with Gasteiger partial charge in [-0.05, 0) is 49.3 Å². The lowest BCUT2D eigenvalue weighted by Crippen LogP contribution is -1.96. The molecule has 2 nitrogen and oxygen atoms in total. The molecule has 0 unspecified atom stereocenters. The minimum Gasteiger partial charge on any atom is -0.509 e. The highest BCUT2D eigenvalue weighted by Gasteiger charge is 2.14. The molecule has 31 heavy (non-hydrogen) atoms. The zero-order chi connectivity index (χ0) is 21.8. The molecule has 0 fully saturated rings. The fourth-order valence-corrected chi connectivity index (χ4v) is 6.56. The summed E-state index contributed by atoms with van der Waals surface area (Å²) in [6, 6.07) is 10.9. The first-order valence-electron chi connectivity index (χ1n) is 11.2. The van der Waals surface area contributed by atoms with Crippen LogP contribution in [0.15, 0.2) is 48.7 Å². The molecule has 0 radical (unpaired) electrons. The van der Waals surface area contributed by atoms with Crippen LogP contribution in [0.1, 0.15) is 55.9 Å². The van der Waals surface area contributed by atoms with Gasteiger partial charge in [-0.25, -0.2) is 0 Å². The van der Waals surface area contributed by atoms with Crippen molar-refractivity contribution in [2.24, 2.45) is 0 Å². The quantitative estimate of drug-likeness (QED) is 0.148. The molecule has 4 heteroatoms. The van der Waals surface area contributed by atoms with Crippen LogP contribution in [-0.2, 0) is 0 Å². The Morgan fingerprint density at radius 3 is 2.48 bits per heavy atom. The molecule has 162 valence electrons. The van der Waals surface area contributed by atoms with Crippen LogP contribution in [-0.4, -0.2) is 11.7 Å². The van der Waals surface area contributed by atoms with Gasteiger partial charge in [0.05, 0.1) is 16.0 Å². The van der Waals surface area contributed by atoms with Gasteiger partial charge in [-0.3, -0.25) is 0 Å². The van der Waals surface area contributed by atoms with Crippen LogP contribution in [0.2, 0.25) is 0 Å². The number of aliphatic hydroxyl groups is 1. The summed E-state index contributed by atoms with van der Waals surface area (Å²) < 4.78 is 9.97. The van der Waals surface area contributed by atoms with E-state index in [1.807, 2.05) is 28.7 Å². The van der Waals surface area contributed by atoms with Crippen molar-refractivity contribution in [3.63, 3.8) is 0 Å². The highest BCUT2D eigenvalue weighted by molar-refractivity contribution is 7.31. The third kappa shape index (κ3) is 4.81. The molecule has 0 saturated carbocycles. The second kappa shape index (κ2) is 9.88. The standard InChI is InChI=1S/C27H30O2S2/c1-4-5-6-7-8-9-16-29-20-11-13-22-24-15-14-23-21(12-10-18(2)28)19(3)30-26(23)27(24)31-25(22)17-20/h10-15,17,28H,2,4-9,16H2,1,3H3/b12-10-. The first-order chi connectivity index (χ1) is 15.1. The smallest absolute Gasteiger partial charge is 0.120 e. The molecule has 0 atom stereocenters. The fraction of sp³-hybridized carbons (Fsp3) is 0.333. The van der Waals surface area contributed by atoms with E-state index in [9.17, 15) is 5.11 Å². The average molecular weight is 451 g/mol. The van der Waals surface area contributed by atoms with E-state index in [-0.39, 0.29) is 5.76 Å². The molecule has 1 N–H and O–H groups in total. The van der Waals surface area contributed by atoms with Gasteiger partial charge < -0.3 is 9.84 Å². The van der Waals surface area contributed by atoms with Crippen molar-refractivity contribution in [3.8, 4) is 5.75 Å². The topological polar surface area (TPSA) is 29.5 Å². The van der Waals surface area contributed by atoms with E-state index in [2.05, 4.69) is 50.8 Å². The number of ether oxygens (including phenoxy) is 1. The number of benzene rings is 2. The highest BCUT2D eigenvalue weighted by atomic mass is 32.1. The molecule has 2 aromatic heterocycles. The van der Waals surface area contributed by atoms with Crippen LogP contribution >= 0.6 is 22.7 Å². The van der Waals surface area contributed by atoms with E-state index < -0.39 is 0 Å². The lowest BCUT2D eigenvalue weighted by Gasteiger charge is -2.06. The highest BCUT2D eigenvalue weighted by Crippen LogP contribution is 2.44. The van der Waals surface area contributed by atoms with Crippen molar-refractivity contribution in [2.45, 2.75) is 52.4 Å². The molecule has 4 rings (SSSR count). The van der Waals surface area contributed by atoms with Crippen LogP contribution in [0.5, 0.6) is 5.75 Å². The predicted molar refractivity (Wildman–Crippen MR) is 139 cm³/mol. The minimum absolute atomic E-state index is 0.0789. The SMILES string of the molecule is C=C(O)/C=C\c1c(C)sc2c1ccc1c3ccc(OCCCCCCCC)cc3sc12. The van der Waals surface area contributed by atoms with Crippen LogP contribution in [0.25, 0.3) is 36.3 Å². The molecule has 2 aromatic carbocycles. The summed E-state index contributed by atoms with van der Waals surface area (Å²) in [6.07, 6.45) is 11.3. The Morgan fingerprint density at radius 2 is 1.68 bits per heavy atom. The van der Waals surface area contributed by atoms with E-state index in [4.69, 9.17) is 4.74 Å². The number of hydrogen-bond donors (Lipinski definition) is 1. The Hall–Kier alpha value is -2.30. The lowest BCUT2D eigenvalue weighted by atomic mass is 10.1. The zero-order valence-corrected chi connectivity index (χ0v) is 20.0. The van der Waals surface area contributed by atoms with Crippen molar-refractivity contribution in [1.82, 2.24) is 0 Å². The maximum absolute atomic E-state index is 9.45. The summed E-state index contributed by atoms with van der Waals surface area (Å²) in [4.78, 5) is 1.25. The van der Waals surface area contributed by atoms with E-state index in [1.165, 1.54) is 67.2 Å². The van der Waals surface area contributed by atoms with Crippen molar-refractivity contribution in [1.29, 1.82) is 0 Å². The third-order valence-corrected chi connectivity index (χ3v) is 8.17. The van der Waals surface area contributed by atoms with Crippen molar-refractivity contribution in [2.75, 3.05) is 6.61 Å². The van der Waals surface area contributed by atoms with Gasteiger partial charge in [-0.1, -0.05) is 57.7 Å². The Morgan fingerprint density at radius 1 is 0.968 bits per heavy atom. The molecule has 0 saturated heterocycles. The van der Waals surface area contributed by atoms with Gasteiger partial charge in [0.25, 0.3) is 0 Å². The number of aryl methyl sites for hydroxylation is 1. The van der Waals surface area contributed by atoms with Crippen molar-refractivity contribution < 1.29 is 9.84 Å². The monoisotopic (exact) mass is 450 g/mol. The summed E-state index contributed by atoms with van der Waals surface area (Å²) in [5, 5.41) is 13.3. The van der Waals surface area contributed by atoms with Gasteiger partial charge >= 0.3 is 0 Å². The molecule has 0 amide bonds. The second-order valence-corrected chi connectivity index (χ2v) is 10.4. The Balaban J connectivity index is 1.57. The minimum atomic E-state index is 0.0789. The van der Waals surface area contributed by atoms with Gasteiger partial charge in [0.2, 0.25) is 0 Å². The number of fused-ring (bicyclic) bond motifs is 5. The normalized spacial score (nSPS) is 11.9. The Labute approximate surface area is 192 Å². The first kappa shape index (κ1) is 21.9. The summed E-state index contributed by atoms with van der Waals surface area (Å²) in [6.45, 7) is 8.74. The summed E-state index contributed by atoms with van der Waals surface area (Å²) in [7, 11) is 0. The van der Waals surface area contributed by atoms with Crippen LogP contribution in [0.3, 0.4) is 0 Å². The molecule has 2 heterocycles. The first-order valence-corrected chi connectivity index (χ1v) is 12.8. The van der Waals surface area contributed by atoms with Crippen LogP contribution < -0.4 is 4.74 Å². The van der Waals surface area contributed by atoms with Crippen molar-refractivity contribution in [3.05, 3.63) is 59.2 Å². The van der Waals surface area contributed by atoms with E-state index in [0.29, 0.717) is 0 Å². The Kier molecular flexibility index (Phi) is 6.99. The van der Waals surface area contributed by atoms with E-state index in [0.717, 1.165) is 24.3 Å². The molecule has 0 aliphatic carbocycles. The zero-order valence-electron chi connectivity index (χ0n) is 18.4. The summed E-state index contributed by atoms with van der Waals surface area (Å²) in [5.41, 5.74) is 1.16. The average Bonchev–Trinajstić information content (AvgIpc) is 3.28. The molecule has 4 aromatic rings. The Bertz CT molecular complexity index is 1240. The number of allylic oxidation sites excluding steroid dienone is 1. The van der Waals surface area contributed by atoms with Gasteiger partial charge in [-0.2, -0.15) is 0 Å². The van der Waals surface area contributed by atoms with Gasteiger partial charge in [0.1, 0.15) is 11.5 Å². The third-order valence-electron chi connectivity index (χ3n) is 5.70. The number of hydrogen-bond acceptors (Lipinski definition) is 4. The van der Waals surface area contributed by atoms with Crippen molar-refractivity contribution >= 4 is 59.0 Å². The summed E-state index contributed by atoms with van der Waals surface area (Å²) in [5.74, 6) is 1.05. The molecular weight excluding hydrogens is 420 g/mol. The number of unbranched alkanes of at least 4 members (excludes halogenated alkanes) is 5. The van der Waals surface area contributed by atoms with Crippen LogP contribution in [0.4, 0.5) is 0 Å². The molecule has 0 aliphatic heterocycles. The van der Waals surface area contributed by atoms with Gasteiger partial charge in [0.15, 0.2) is 0 Å². The van der Waals surface area contributed by atoms with E-state index >= 15 is 0 Å². The van der Waals surface area contributed by atoms with E-state index in [1.54, 1.807) is 6.08 Å².